The van der Waals surface area contributed by atoms with Gasteiger partial charge in [-0.1, -0.05) is 29.8 Å². The van der Waals surface area contributed by atoms with Gasteiger partial charge in [-0.3, -0.25) is 9.59 Å². The molecule has 0 saturated heterocycles. The normalized spacial score (nSPS) is 11.5. The van der Waals surface area contributed by atoms with Crippen LogP contribution in [-0.4, -0.2) is 32.2 Å². The van der Waals surface area contributed by atoms with Crippen LogP contribution < -0.4 is 14.8 Å². The highest BCUT2D eigenvalue weighted by molar-refractivity contribution is 6.31. The maximum absolute atomic E-state index is 12.4. The van der Waals surface area contributed by atoms with Crippen LogP contribution in [0.5, 0.6) is 11.5 Å². The van der Waals surface area contributed by atoms with E-state index in [2.05, 4.69) is 5.32 Å². The molecule has 0 unspecified atom stereocenters. The summed E-state index contributed by atoms with van der Waals surface area (Å²) in [6.45, 7) is 3.34. The molecular formula is C21H24ClNO5. The average molecular weight is 406 g/mol. The molecule has 0 aliphatic heterocycles. The summed E-state index contributed by atoms with van der Waals surface area (Å²) in [4.78, 5) is 24.5. The Bertz CT molecular complexity index is 853. The van der Waals surface area contributed by atoms with Gasteiger partial charge in [-0.2, -0.15) is 0 Å². The fourth-order valence-corrected chi connectivity index (χ4v) is 2.77. The Morgan fingerprint density at radius 3 is 2.46 bits per heavy atom. The number of esters is 1. The van der Waals surface area contributed by atoms with Gasteiger partial charge in [-0.05, 0) is 43.5 Å². The molecule has 2 aromatic carbocycles. The zero-order valence-electron chi connectivity index (χ0n) is 16.4. The van der Waals surface area contributed by atoms with Gasteiger partial charge in [0.2, 0.25) is 0 Å². The SMILES string of the molecule is COc1ccccc1CCC(=O)O[C@@H](C)C(=O)Nc1cc(C)c(Cl)cc1OC. The second-order valence-electron chi connectivity index (χ2n) is 6.23. The van der Waals surface area contributed by atoms with Crippen LogP contribution in [0.3, 0.4) is 0 Å². The van der Waals surface area contributed by atoms with Crippen LogP contribution in [0.2, 0.25) is 5.02 Å². The molecule has 0 radical (unpaired) electrons. The van der Waals surface area contributed by atoms with Crippen LogP contribution in [0.4, 0.5) is 5.69 Å². The highest BCUT2D eigenvalue weighted by atomic mass is 35.5. The molecule has 0 aromatic heterocycles. The monoisotopic (exact) mass is 405 g/mol. The fraction of sp³-hybridized carbons (Fsp3) is 0.333. The second kappa shape index (κ2) is 9.99. The Balaban J connectivity index is 1.93. The fourth-order valence-electron chi connectivity index (χ4n) is 2.62. The van der Waals surface area contributed by atoms with E-state index in [1.54, 1.807) is 19.2 Å². The largest absolute Gasteiger partial charge is 0.496 e. The van der Waals surface area contributed by atoms with E-state index in [1.165, 1.54) is 14.0 Å². The van der Waals surface area contributed by atoms with Gasteiger partial charge in [0.25, 0.3) is 5.91 Å². The standard InChI is InChI=1S/C21H24ClNO5/c1-13-11-17(19(27-4)12-16(13)22)23-21(25)14(2)28-20(24)10-9-15-7-5-6-8-18(15)26-3/h5-8,11-12,14H,9-10H2,1-4H3,(H,23,25)/t14-/m0/s1. The molecule has 7 heteroatoms. The number of benzene rings is 2. The van der Waals surface area contributed by atoms with Crippen LogP contribution >= 0.6 is 11.6 Å². The lowest BCUT2D eigenvalue weighted by molar-refractivity contribution is -0.153. The van der Waals surface area contributed by atoms with Crippen LogP contribution in [0.15, 0.2) is 36.4 Å². The third-order valence-corrected chi connectivity index (χ3v) is 4.61. The third kappa shape index (κ3) is 5.63. The minimum atomic E-state index is -0.953. The molecule has 0 heterocycles. The number of carbonyl (C=O) groups excluding carboxylic acids is 2. The van der Waals surface area contributed by atoms with Crippen LogP contribution in [0, 0.1) is 6.92 Å². The number of aryl methyl sites for hydroxylation is 2. The molecule has 1 N–H and O–H groups in total. The second-order valence-corrected chi connectivity index (χ2v) is 6.64. The van der Waals surface area contributed by atoms with E-state index >= 15 is 0 Å². The Hall–Kier alpha value is -2.73. The smallest absolute Gasteiger partial charge is 0.306 e. The van der Waals surface area contributed by atoms with Crippen molar-refractivity contribution in [3.63, 3.8) is 0 Å². The third-order valence-electron chi connectivity index (χ3n) is 4.21. The minimum absolute atomic E-state index is 0.140. The van der Waals surface area contributed by atoms with Crippen molar-refractivity contribution >= 4 is 29.2 Å². The van der Waals surface area contributed by atoms with Crippen molar-refractivity contribution in [3.8, 4) is 11.5 Å². The van der Waals surface area contributed by atoms with Gasteiger partial charge in [-0.15, -0.1) is 0 Å². The van der Waals surface area contributed by atoms with Gasteiger partial charge >= 0.3 is 5.97 Å². The van der Waals surface area contributed by atoms with Gasteiger partial charge in [0, 0.05) is 17.5 Å². The lowest BCUT2D eigenvalue weighted by atomic mass is 10.1. The van der Waals surface area contributed by atoms with E-state index in [0.29, 0.717) is 28.6 Å². The zero-order chi connectivity index (χ0) is 20.7. The highest BCUT2D eigenvalue weighted by Gasteiger charge is 2.20. The summed E-state index contributed by atoms with van der Waals surface area (Å²) in [7, 11) is 3.06. The van der Waals surface area contributed by atoms with Crippen molar-refractivity contribution in [1.29, 1.82) is 0 Å². The number of carbonyl (C=O) groups is 2. The summed E-state index contributed by atoms with van der Waals surface area (Å²) in [5.41, 5.74) is 2.16. The number of halogens is 1. The number of amides is 1. The minimum Gasteiger partial charge on any atom is -0.496 e. The highest BCUT2D eigenvalue weighted by Crippen LogP contribution is 2.31. The Labute approximate surface area is 169 Å². The quantitative estimate of drug-likeness (QED) is 0.667. The summed E-state index contributed by atoms with van der Waals surface area (Å²) in [5, 5.41) is 3.24. The van der Waals surface area contributed by atoms with E-state index in [0.717, 1.165) is 11.1 Å². The molecule has 150 valence electrons. The first kappa shape index (κ1) is 21.6. The van der Waals surface area contributed by atoms with Crippen molar-refractivity contribution < 1.29 is 23.8 Å². The molecule has 0 aliphatic rings. The molecular weight excluding hydrogens is 382 g/mol. The average Bonchev–Trinajstić information content (AvgIpc) is 2.68. The van der Waals surface area contributed by atoms with Gasteiger partial charge in [-0.25, -0.2) is 0 Å². The first-order chi connectivity index (χ1) is 13.3. The molecule has 2 aromatic rings. The number of ether oxygens (including phenoxy) is 3. The summed E-state index contributed by atoms with van der Waals surface area (Å²) < 4.78 is 15.7. The van der Waals surface area contributed by atoms with Gasteiger partial charge in [0.1, 0.15) is 11.5 Å². The van der Waals surface area contributed by atoms with Crippen molar-refractivity contribution in [1.82, 2.24) is 0 Å². The maximum atomic E-state index is 12.4. The van der Waals surface area contributed by atoms with E-state index in [1.807, 2.05) is 31.2 Å². The van der Waals surface area contributed by atoms with Gasteiger partial charge in [0.15, 0.2) is 6.10 Å². The number of anilines is 1. The Morgan fingerprint density at radius 1 is 1.11 bits per heavy atom. The van der Waals surface area contributed by atoms with E-state index in [9.17, 15) is 9.59 Å². The molecule has 0 saturated carbocycles. The first-order valence-corrected chi connectivity index (χ1v) is 9.19. The summed E-state index contributed by atoms with van der Waals surface area (Å²) in [5.74, 6) is 0.225. The van der Waals surface area contributed by atoms with Crippen LogP contribution in [0.25, 0.3) is 0 Å². The predicted octanol–water partition coefficient (Wildman–Crippen LogP) is 4.17. The zero-order valence-corrected chi connectivity index (χ0v) is 17.1. The van der Waals surface area contributed by atoms with Crippen molar-refractivity contribution in [2.75, 3.05) is 19.5 Å². The van der Waals surface area contributed by atoms with Gasteiger partial charge < -0.3 is 19.5 Å². The predicted molar refractivity (Wildman–Crippen MR) is 108 cm³/mol. The van der Waals surface area contributed by atoms with Gasteiger partial charge in [0.05, 0.1) is 19.9 Å². The molecule has 0 bridgehead atoms. The summed E-state index contributed by atoms with van der Waals surface area (Å²) in [6, 6.07) is 10.8. The maximum Gasteiger partial charge on any atom is 0.306 e. The summed E-state index contributed by atoms with van der Waals surface area (Å²) >= 11 is 6.07. The summed E-state index contributed by atoms with van der Waals surface area (Å²) in [6.07, 6.45) is -0.353. The van der Waals surface area contributed by atoms with E-state index in [4.69, 9.17) is 25.8 Å². The van der Waals surface area contributed by atoms with Crippen LogP contribution in [-0.2, 0) is 20.7 Å². The molecule has 28 heavy (non-hydrogen) atoms. The number of hydrogen-bond acceptors (Lipinski definition) is 5. The van der Waals surface area contributed by atoms with Crippen LogP contribution in [0.1, 0.15) is 24.5 Å². The first-order valence-electron chi connectivity index (χ1n) is 8.82. The molecule has 0 aliphatic carbocycles. The molecule has 1 atom stereocenters. The van der Waals surface area contributed by atoms with E-state index < -0.39 is 18.0 Å². The Kier molecular flexibility index (Phi) is 7.70. The number of methoxy groups -OCH3 is 2. The molecule has 6 nitrogen and oxygen atoms in total. The van der Waals surface area contributed by atoms with E-state index in [-0.39, 0.29) is 6.42 Å². The molecule has 2 rings (SSSR count). The molecule has 1 amide bonds. The lowest BCUT2D eigenvalue weighted by Crippen LogP contribution is -2.30. The number of hydrogen-bond donors (Lipinski definition) is 1. The van der Waals surface area contributed by atoms with Crippen molar-refractivity contribution in [2.45, 2.75) is 32.8 Å². The number of para-hydroxylation sites is 1. The molecule has 0 spiro atoms. The molecule has 0 fully saturated rings. The van der Waals surface area contributed by atoms with Crippen molar-refractivity contribution in [3.05, 3.63) is 52.5 Å². The number of rotatable bonds is 8. The Morgan fingerprint density at radius 2 is 1.79 bits per heavy atom. The lowest BCUT2D eigenvalue weighted by Gasteiger charge is -2.16. The topological polar surface area (TPSA) is 73.9 Å². The number of nitrogens with one attached hydrogen (secondary N) is 1. The van der Waals surface area contributed by atoms with Crippen molar-refractivity contribution in [2.24, 2.45) is 0 Å².